The molecule has 1 saturated carbocycles. The maximum atomic E-state index is 4.53. The molecule has 0 aromatic heterocycles. The van der Waals surface area contributed by atoms with E-state index in [1.54, 1.807) is 0 Å². The van der Waals surface area contributed by atoms with E-state index in [4.69, 9.17) is 0 Å². The molecule has 2 nitrogen and oxygen atoms in total. The number of hydrogen-bond acceptors (Lipinski definition) is 3. The fourth-order valence-corrected chi connectivity index (χ4v) is 4.60. The Hall–Kier alpha value is 0.01000. The smallest absolute Gasteiger partial charge is 0.0194 e. The normalized spacial score (nSPS) is 32.8. The number of thiol groups is 1. The molecule has 3 unspecified atom stereocenters. The highest BCUT2D eigenvalue weighted by atomic mass is 32.1. The lowest BCUT2D eigenvalue weighted by Crippen LogP contribution is -2.58. The summed E-state index contributed by atoms with van der Waals surface area (Å²) < 4.78 is 0. The van der Waals surface area contributed by atoms with Crippen molar-refractivity contribution >= 4 is 12.6 Å². The molecule has 3 atom stereocenters. The molecule has 2 fully saturated rings. The summed E-state index contributed by atoms with van der Waals surface area (Å²) in [4.78, 5) is 5.37. The van der Waals surface area contributed by atoms with Crippen LogP contribution >= 0.6 is 12.6 Å². The average molecular weight is 311 g/mol. The van der Waals surface area contributed by atoms with E-state index in [0.717, 1.165) is 24.9 Å². The first-order valence-electron chi connectivity index (χ1n) is 8.75. The van der Waals surface area contributed by atoms with Crippen molar-refractivity contribution < 1.29 is 0 Å². The summed E-state index contributed by atoms with van der Waals surface area (Å²) in [5, 5.41) is 0.421. The largest absolute Gasteiger partial charge is 0.298 e. The zero-order chi connectivity index (χ0) is 15.5. The summed E-state index contributed by atoms with van der Waals surface area (Å²) in [5.41, 5.74) is 0.523. The van der Waals surface area contributed by atoms with E-state index in [-0.39, 0.29) is 0 Å². The van der Waals surface area contributed by atoms with Gasteiger partial charge in [-0.2, -0.15) is 12.6 Å². The zero-order valence-corrected chi connectivity index (χ0v) is 15.3. The van der Waals surface area contributed by atoms with E-state index in [9.17, 15) is 0 Å². The molecular formula is C18H34N2S. The van der Waals surface area contributed by atoms with Crippen LogP contribution in [0.15, 0.2) is 12.2 Å². The van der Waals surface area contributed by atoms with Crippen molar-refractivity contribution in [3.8, 4) is 0 Å². The van der Waals surface area contributed by atoms with Gasteiger partial charge in [0.05, 0.1) is 0 Å². The van der Waals surface area contributed by atoms with Crippen LogP contribution in [0.25, 0.3) is 0 Å². The first-order chi connectivity index (χ1) is 9.94. The van der Waals surface area contributed by atoms with Gasteiger partial charge in [0.15, 0.2) is 0 Å². The van der Waals surface area contributed by atoms with Gasteiger partial charge in [-0.1, -0.05) is 39.8 Å². The van der Waals surface area contributed by atoms with Gasteiger partial charge in [0.25, 0.3) is 0 Å². The molecule has 0 amide bonds. The predicted octanol–water partition coefficient (Wildman–Crippen LogP) is 3.69. The highest BCUT2D eigenvalue weighted by Crippen LogP contribution is 2.48. The van der Waals surface area contributed by atoms with Crippen molar-refractivity contribution in [2.75, 3.05) is 32.7 Å². The van der Waals surface area contributed by atoms with Crippen LogP contribution in [0.1, 0.15) is 47.0 Å². The van der Waals surface area contributed by atoms with Gasteiger partial charge in [0, 0.05) is 30.9 Å². The molecule has 1 saturated heterocycles. The average Bonchev–Trinajstić information content (AvgIpc) is 2.63. The van der Waals surface area contributed by atoms with Crippen LogP contribution in [0.4, 0.5) is 0 Å². The molecule has 21 heavy (non-hydrogen) atoms. The third-order valence-electron chi connectivity index (χ3n) is 5.34. The standard InChI is InChI=1S/C18H34N2S/c1-5-16(21)8-6-9-19-10-7-11-20(13-12-19)17-15(2)14-18(17,3)4/h6,8,15-17,21H,5,7,9-14H2,1-4H3/b8-6+. The minimum Gasteiger partial charge on any atom is -0.298 e. The van der Waals surface area contributed by atoms with Crippen LogP contribution in [-0.2, 0) is 0 Å². The molecule has 0 N–H and O–H groups in total. The fraction of sp³-hybridized carbons (Fsp3) is 0.889. The van der Waals surface area contributed by atoms with Crippen molar-refractivity contribution in [2.24, 2.45) is 11.3 Å². The van der Waals surface area contributed by atoms with E-state index >= 15 is 0 Å². The van der Waals surface area contributed by atoms with Crippen LogP contribution < -0.4 is 0 Å². The Morgan fingerprint density at radius 3 is 2.62 bits per heavy atom. The van der Waals surface area contributed by atoms with Crippen LogP contribution in [0.5, 0.6) is 0 Å². The van der Waals surface area contributed by atoms with E-state index in [0.29, 0.717) is 10.7 Å². The quantitative estimate of drug-likeness (QED) is 0.611. The SMILES string of the molecule is CCC(S)/C=C/CN1CCCN(C2C(C)CC2(C)C)CC1. The van der Waals surface area contributed by atoms with Crippen LogP contribution in [-0.4, -0.2) is 53.8 Å². The first kappa shape index (κ1) is 17.4. The molecule has 0 spiro atoms. The summed E-state index contributed by atoms with van der Waals surface area (Å²) in [6.45, 7) is 15.6. The Labute approximate surface area is 137 Å². The van der Waals surface area contributed by atoms with E-state index in [1.165, 1.54) is 39.0 Å². The lowest BCUT2D eigenvalue weighted by Gasteiger charge is -2.55. The van der Waals surface area contributed by atoms with Gasteiger partial charge in [-0.15, -0.1) is 0 Å². The number of hydrogen-bond donors (Lipinski definition) is 1. The second-order valence-electron chi connectivity index (χ2n) is 7.71. The summed E-state index contributed by atoms with van der Waals surface area (Å²) in [5.74, 6) is 0.876. The Kier molecular flexibility index (Phi) is 6.22. The number of nitrogens with zero attached hydrogens (tertiary/aromatic N) is 2. The molecular weight excluding hydrogens is 276 g/mol. The minimum absolute atomic E-state index is 0.421. The van der Waals surface area contributed by atoms with Gasteiger partial charge in [0.1, 0.15) is 0 Å². The van der Waals surface area contributed by atoms with Crippen molar-refractivity contribution in [2.45, 2.75) is 58.2 Å². The highest BCUT2D eigenvalue weighted by Gasteiger charge is 2.47. The Morgan fingerprint density at radius 2 is 2.00 bits per heavy atom. The van der Waals surface area contributed by atoms with Gasteiger partial charge in [-0.3, -0.25) is 9.80 Å². The van der Waals surface area contributed by atoms with Crippen molar-refractivity contribution in [3.05, 3.63) is 12.2 Å². The van der Waals surface area contributed by atoms with Crippen LogP contribution in [0.3, 0.4) is 0 Å². The van der Waals surface area contributed by atoms with E-state index in [1.807, 2.05) is 0 Å². The summed E-state index contributed by atoms with van der Waals surface area (Å²) >= 11 is 4.53. The lowest BCUT2D eigenvalue weighted by molar-refractivity contribution is -0.0500. The Balaban J connectivity index is 1.81. The van der Waals surface area contributed by atoms with E-state index < -0.39 is 0 Å². The van der Waals surface area contributed by atoms with Crippen LogP contribution in [0, 0.1) is 11.3 Å². The summed E-state index contributed by atoms with van der Waals surface area (Å²) in [6, 6.07) is 0.801. The molecule has 1 aliphatic carbocycles. The maximum absolute atomic E-state index is 4.53. The van der Waals surface area contributed by atoms with Gasteiger partial charge < -0.3 is 0 Å². The Bertz CT molecular complexity index is 353. The third kappa shape index (κ3) is 4.49. The summed E-state index contributed by atoms with van der Waals surface area (Å²) in [6.07, 6.45) is 8.38. The molecule has 2 rings (SSSR count). The molecule has 1 heterocycles. The molecule has 1 aliphatic heterocycles. The first-order valence-corrected chi connectivity index (χ1v) is 9.27. The van der Waals surface area contributed by atoms with Gasteiger partial charge in [-0.05, 0) is 43.7 Å². The molecule has 0 bridgehead atoms. The van der Waals surface area contributed by atoms with E-state index in [2.05, 4.69) is 62.3 Å². The maximum Gasteiger partial charge on any atom is 0.0194 e. The van der Waals surface area contributed by atoms with Crippen molar-refractivity contribution in [3.63, 3.8) is 0 Å². The van der Waals surface area contributed by atoms with Crippen molar-refractivity contribution in [1.82, 2.24) is 9.80 Å². The Morgan fingerprint density at radius 1 is 1.24 bits per heavy atom. The lowest BCUT2D eigenvalue weighted by atomic mass is 9.60. The fourth-order valence-electron chi connectivity index (χ4n) is 4.48. The van der Waals surface area contributed by atoms with Crippen LogP contribution in [0.2, 0.25) is 0 Å². The predicted molar refractivity (Wildman–Crippen MR) is 96.2 cm³/mol. The monoisotopic (exact) mass is 310 g/mol. The van der Waals surface area contributed by atoms with Gasteiger partial charge in [-0.25, -0.2) is 0 Å². The second kappa shape index (κ2) is 7.52. The third-order valence-corrected chi connectivity index (χ3v) is 5.88. The molecule has 3 heteroatoms. The molecule has 2 aliphatic rings. The molecule has 0 radical (unpaired) electrons. The summed E-state index contributed by atoms with van der Waals surface area (Å²) in [7, 11) is 0. The minimum atomic E-state index is 0.421. The molecule has 0 aromatic carbocycles. The number of rotatable bonds is 5. The van der Waals surface area contributed by atoms with Gasteiger partial charge in [0.2, 0.25) is 0 Å². The van der Waals surface area contributed by atoms with Crippen molar-refractivity contribution in [1.29, 1.82) is 0 Å². The highest BCUT2D eigenvalue weighted by molar-refractivity contribution is 7.81. The van der Waals surface area contributed by atoms with Gasteiger partial charge >= 0.3 is 0 Å². The molecule has 0 aromatic rings. The second-order valence-corrected chi connectivity index (χ2v) is 8.37. The topological polar surface area (TPSA) is 6.48 Å². The molecule has 122 valence electrons. The zero-order valence-electron chi connectivity index (χ0n) is 14.4.